The predicted molar refractivity (Wildman–Crippen MR) is 89.6 cm³/mol. The maximum Gasteiger partial charge on any atom is 0.204 e. The van der Waals surface area contributed by atoms with Gasteiger partial charge >= 0.3 is 0 Å². The molecule has 5 heteroatoms. The predicted octanol–water partition coefficient (Wildman–Crippen LogP) is 4.71. The molecule has 3 aromatic rings. The van der Waals surface area contributed by atoms with Crippen molar-refractivity contribution < 1.29 is 0 Å². The van der Waals surface area contributed by atoms with E-state index in [9.17, 15) is 0 Å². The van der Waals surface area contributed by atoms with Crippen LogP contribution in [0.5, 0.6) is 0 Å². The van der Waals surface area contributed by atoms with Crippen LogP contribution in [-0.4, -0.2) is 10.7 Å². The zero-order chi connectivity index (χ0) is 14.2. The van der Waals surface area contributed by atoms with E-state index >= 15 is 0 Å². The number of halogens is 1. The Bertz CT molecular complexity index is 854. The number of aryl methyl sites for hydroxylation is 1. The van der Waals surface area contributed by atoms with E-state index in [0.29, 0.717) is 0 Å². The standard InChI is InChI=1S/C16H12ClN3S/c17-12-6-3-7-14-15(12)21-16(18-14)20-19-13-9-8-10-4-1-2-5-11(10)13/h1-7H,8-9H2,(H,18,20)/b19-13+. The van der Waals surface area contributed by atoms with Gasteiger partial charge in [-0.15, -0.1) is 0 Å². The summed E-state index contributed by atoms with van der Waals surface area (Å²) in [6, 6.07) is 14.2. The Morgan fingerprint density at radius 2 is 2.00 bits per heavy atom. The van der Waals surface area contributed by atoms with Crippen molar-refractivity contribution in [1.29, 1.82) is 0 Å². The SMILES string of the molecule is Clc1cccc2nc(N/N=C3\CCc4ccccc43)sc12. The molecular weight excluding hydrogens is 302 g/mol. The van der Waals surface area contributed by atoms with Crippen molar-refractivity contribution in [2.24, 2.45) is 5.10 Å². The number of hydrogen-bond acceptors (Lipinski definition) is 4. The van der Waals surface area contributed by atoms with E-state index in [1.165, 1.54) is 22.5 Å². The molecule has 0 atom stereocenters. The monoisotopic (exact) mass is 313 g/mol. The van der Waals surface area contributed by atoms with Gasteiger partial charge in [0.15, 0.2) is 0 Å². The van der Waals surface area contributed by atoms with E-state index < -0.39 is 0 Å². The summed E-state index contributed by atoms with van der Waals surface area (Å²) < 4.78 is 0.994. The van der Waals surface area contributed by atoms with E-state index in [1.807, 2.05) is 18.2 Å². The van der Waals surface area contributed by atoms with Crippen molar-refractivity contribution in [2.75, 3.05) is 5.43 Å². The molecule has 4 rings (SSSR count). The first-order valence-electron chi connectivity index (χ1n) is 6.77. The van der Waals surface area contributed by atoms with Gasteiger partial charge in [-0.2, -0.15) is 5.10 Å². The van der Waals surface area contributed by atoms with E-state index in [-0.39, 0.29) is 0 Å². The molecule has 1 heterocycles. The second kappa shape index (κ2) is 5.13. The van der Waals surface area contributed by atoms with Crippen LogP contribution >= 0.6 is 22.9 Å². The fourth-order valence-electron chi connectivity index (χ4n) is 2.60. The molecule has 0 radical (unpaired) electrons. The maximum atomic E-state index is 6.17. The van der Waals surface area contributed by atoms with Gasteiger partial charge in [-0.3, -0.25) is 5.43 Å². The van der Waals surface area contributed by atoms with Gasteiger partial charge < -0.3 is 0 Å². The lowest BCUT2D eigenvalue weighted by molar-refractivity contribution is 1.09. The van der Waals surface area contributed by atoms with Crippen LogP contribution in [0.3, 0.4) is 0 Å². The van der Waals surface area contributed by atoms with E-state index in [2.05, 4.69) is 39.8 Å². The molecule has 0 fully saturated rings. The van der Waals surface area contributed by atoms with Crippen LogP contribution in [-0.2, 0) is 6.42 Å². The molecule has 104 valence electrons. The maximum absolute atomic E-state index is 6.17. The van der Waals surface area contributed by atoms with E-state index in [1.54, 1.807) is 0 Å². The Balaban J connectivity index is 1.64. The summed E-state index contributed by atoms with van der Waals surface area (Å²) in [5.74, 6) is 0. The van der Waals surface area contributed by atoms with Crippen LogP contribution in [0.15, 0.2) is 47.6 Å². The molecule has 0 saturated carbocycles. The number of benzene rings is 2. The number of aromatic nitrogens is 1. The lowest BCUT2D eigenvalue weighted by Gasteiger charge is -1.99. The van der Waals surface area contributed by atoms with Gasteiger partial charge in [-0.25, -0.2) is 4.98 Å². The van der Waals surface area contributed by atoms with Gasteiger partial charge in [0, 0.05) is 5.56 Å². The zero-order valence-electron chi connectivity index (χ0n) is 11.1. The normalized spacial score (nSPS) is 15.6. The highest BCUT2D eigenvalue weighted by molar-refractivity contribution is 7.22. The molecule has 0 amide bonds. The molecule has 1 aliphatic rings. The van der Waals surface area contributed by atoms with E-state index in [4.69, 9.17) is 11.6 Å². The van der Waals surface area contributed by atoms with Crippen LogP contribution in [0, 0.1) is 0 Å². The van der Waals surface area contributed by atoms with Crippen molar-refractivity contribution >= 4 is 44.0 Å². The van der Waals surface area contributed by atoms with Crippen LogP contribution < -0.4 is 5.43 Å². The number of hydrogen-bond donors (Lipinski definition) is 1. The number of rotatable bonds is 2. The lowest BCUT2D eigenvalue weighted by atomic mass is 10.1. The van der Waals surface area contributed by atoms with Crippen molar-refractivity contribution in [1.82, 2.24) is 4.98 Å². The van der Waals surface area contributed by atoms with Crippen LogP contribution in [0.2, 0.25) is 5.02 Å². The zero-order valence-corrected chi connectivity index (χ0v) is 12.7. The molecule has 0 spiro atoms. The Morgan fingerprint density at radius 1 is 1.10 bits per heavy atom. The number of hydrazone groups is 1. The smallest absolute Gasteiger partial charge is 0.204 e. The highest BCUT2D eigenvalue weighted by Crippen LogP contribution is 2.32. The van der Waals surface area contributed by atoms with Gasteiger partial charge in [0.25, 0.3) is 0 Å². The molecule has 1 aromatic heterocycles. The minimum absolute atomic E-state index is 0.733. The molecule has 1 aliphatic carbocycles. The number of fused-ring (bicyclic) bond motifs is 2. The summed E-state index contributed by atoms with van der Waals surface area (Å²) in [5, 5.41) is 6.04. The topological polar surface area (TPSA) is 37.3 Å². The van der Waals surface area contributed by atoms with Gasteiger partial charge in [0.05, 0.1) is 21.0 Å². The molecule has 3 nitrogen and oxygen atoms in total. The molecular formula is C16H12ClN3S. The summed E-state index contributed by atoms with van der Waals surface area (Å²) in [6.45, 7) is 0. The highest BCUT2D eigenvalue weighted by Gasteiger charge is 2.17. The molecule has 2 aromatic carbocycles. The fourth-order valence-corrected chi connectivity index (χ4v) is 3.70. The lowest BCUT2D eigenvalue weighted by Crippen LogP contribution is -1.99. The van der Waals surface area contributed by atoms with E-state index in [0.717, 1.165) is 38.9 Å². The fraction of sp³-hybridized carbons (Fsp3) is 0.125. The third kappa shape index (κ3) is 2.30. The summed E-state index contributed by atoms with van der Waals surface area (Å²) in [5.41, 5.74) is 7.69. The van der Waals surface area contributed by atoms with Crippen LogP contribution in [0.1, 0.15) is 17.5 Å². The first kappa shape index (κ1) is 12.8. The number of anilines is 1. The Labute approximate surface area is 131 Å². The Morgan fingerprint density at radius 3 is 2.90 bits per heavy atom. The largest absolute Gasteiger partial charge is 0.252 e. The summed E-state index contributed by atoms with van der Waals surface area (Å²) in [7, 11) is 0. The van der Waals surface area contributed by atoms with Gasteiger partial charge in [0.2, 0.25) is 5.13 Å². The first-order valence-corrected chi connectivity index (χ1v) is 7.96. The molecule has 0 bridgehead atoms. The molecule has 1 N–H and O–H groups in total. The second-order valence-corrected chi connectivity index (χ2v) is 6.34. The number of nitrogens with zero attached hydrogens (tertiary/aromatic N) is 2. The first-order chi connectivity index (χ1) is 10.3. The van der Waals surface area contributed by atoms with Crippen molar-refractivity contribution in [3.8, 4) is 0 Å². The minimum Gasteiger partial charge on any atom is -0.252 e. The third-order valence-corrected chi connectivity index (χ3v) is 5.05. The number of thiazole rings is 1. The molecule has 0 saturated heterocycles. The number of nitrogens with one attached hydrogen (secondary N) is 1. The third-order valence-electron chi connectivity index (χ3n) is 3.61. The molecule has 0 aliphatic heterocycles. The van der Waals surface area contributed by atoms with Gasteiger partial charge in [-0.1, -0.05) is 53.3 Å². The van der Waals surface area contributed by atoms with Crippen molar-refractivity contribution in [3.05, 3.63) is 58.6 Å². The summed E-state index contributed by atoms with van der Waals surface area (Å²) >= 11 is 7.70. The average molecular weight is 314 g/mol. The Hall–Kier alpha value is -1.91. The minimum atomic E-state index is 0.733. The van der Waals surface area contributed by atoms with Gasteiger partial charge in [-0.05, 0) is 30.5 Å². The quantitative estimate of drug-likeness (QED) is 0.695. The van der Waals surface area contributed by atoms with Gasteiger partial charge in [0.1, 0.15) is 0 Å². The Kier molecular flexibility index (Phi) is 3.13. The van der Waals surface area contributed by atoms with Crippen molar-refractivity contribution in [3.63, 3.8) is 0 Å². The van der Waals surface area contributed by atoms with Crippen LogP contribution in [0.25, 0.3) is 10.2 Å². The van der Waals surface area contributed by atoms with Crippen LogP contribution in [0.4, 0.5) is 5.13 Å². The molecule has 0 unspecified atom stereocenters. The second-order valence-electron chi connectivity index (χ2n) is 4.93. The summed E-state index contributed by atoms with van der Waals surface area (Å²) in [4.78, 5) is 4.51. The highest BCUT2D eigenvalue weighted by atomic mass is 35.5. The molecule has 21 heavy (non-hydrogen) atoms. The van der Waals surface area contributed by atoms with Crippen molar-refractivity contribution in [2.45, 2.75) is 12.8 Å². The average Bonchev–Trinajstić information content (AvgIpc) is 3.09. The summed E-state index contributed by atoms with van der Waals surface area (Å²) in [6.07, 6.45) is 2.03.